The van der Waals surface area contributed by atoms with Crippen LogP contribution in [-0.2, 0) is 0 Å². The van der Waals surface area contributed by atoms with Gasteiger partial charge in [-0.2, -0.15) is 0 Å². The van der Waals surface area contributed by atoms with Gasteiger partial charge in [0, 0.05) is 28.5 Å². The van der Waals surface area contributed by atoms with Crippen LogP contribution in [0.1, 0.15) is 39.7 Å². The molecule has 0 aliphatic carbocycles. The lowest BCUT2D eigenvalue weighted by molar-refractivity contribution is 0.204. The van der Waals surface area contributed by atoms with Gasteiger partial charge >= 0.3 is 6.03 Å². The van der Waals surface area contributed by atoms with Crippen LogP contribution >= 0.6 is 11.8 Å². The van der Waals surface area contributed by atoms with Gasteiger partial charge < -0.3 is 15.7 Å². The Morgan fingerprint density at radius 2 is 2.00 bits per heavy atom. The van der Waals surface area contributed by atoms with Crippen LogP contribution in [0.2, 0.25) is 0 Å². The summed E-state index contributed by atoms with van der Waals surface area (Å²) in [7, 11) is 0. The molecule has 3 N–H and O–H groups in total. The lowest BCUT2D eigenvalue weighted by Gasteiger charge is -2.20. The highest BCUT2D eigenvalue weighted by Gasteiger charge is 2.14. The van der Waals surface area contributed by atoms with Crippen LogP contribution < -0.4 is 10.6 Å². The number of aliphatic hydroxyl groups excluding tert-OH is 1. The Balaban J connectivity index is 2.64. The van der Waals surface area contributed by atoms with Crippen molar-refractivity contribution in [2.24, 2.45) is 5.92 Å². The average Bonchev–Trinajstić information content (AvgIpc) is 2.48. The number of nitrogens with one attached hydrogen (secondary N) is 2. The van der Waals surface area contributed by atoms with Gasteiger partial charge in [0.05, 0.1) is 0 Å². The van der Waals surface area contributed by atoms with Crippen LogP contribution in [0.3, 0.4) is 0 Å². The predicted molar refractivity (Wildman–Crippen MR) is 94.7 cm³/mol. The van der Waals surface area contributed by atoms with Gasteiger partial charge in [-0.05, 0) is 49.9 Å². The second-order valence-corrected chi connectivity index (χ2v) is 7.37. The molecule has 0 spiro atoms. The molecule has 0 bridgehead atoms. The van der Waals surface area contributed by atoms with Crippen molar-refractivity contribution in [3.05, 3.63) is 23.8 Å². The third kappa shape index (κ3) is 5.89. The lowest BCUT2D eigenvalue weighted by Crippen LogP contribution is -2.40. The molecule has 3 atom stereocenters. The molecule has 0 aliphatic rings. The highest BCUT2D eigenvalue weighted by atomic mass is 32.2. The molecule has 0 aromatic heterocycles. The van der Waals surface area contributed by atoms with Crippen molar-refractivity contribution in [1.82, 2.24) is 5.32 Å². The highest BCUT2D eigenvalue weighted by Crippen LogP contribution is 2.28. The van der Waals surface area contributed by atoms with E-state index in [0.29, 0.717) is 5.25 Å². The summed E-state index contributed by atoms with van der Waals surface area (Å²) in [5, 5.41) is 15.4. The number of amides is 2. The van der Waals surface area contributed by atoms with E-state index in [1.165, 1.54) is 4.90 Å². The molecule has 1 aromatic rings. The van der Waals surface area contributed by atoms with Gasteiger partial charge in [0.2, 0.25) is 0 Å². The van der Waals surface area contributed by atoms with E-state index in [1.54, 1.807) is 0 Å². The minimum atomic E-state index is -0.238. The van der Waals surface area contributed by atoms with Gasteiger partial charge in [0.15, 0.2) is 0 Å². The predicted octanol–water partition coefficient (Wildman–Crippen LogP) is 4.02. The molecular weight excluding hydrogens is 296 g/mol. The number of urea groups is 1. The molecule has 0 fully saturated rings. The van der Waals surface area contributed by atoms with E-state index in [2.05, 4.69) is 30.5 Å². The Morgan fingerprint density at radius 3 is 2.55 bits per heavy atom. The molecule has 0 saturated carbocycles. The zero-order chi connectivity index (χ0) is 16.7. The summed E-state index contributed by atoms with van der Waals surface area (Å²) >= 11 is 1.85. The minimum Gasteiger partial charge on any atom is -0.396 e. The number of aliphatic hydroxyl groups is 1. The normalized spacial score (nSPS) is 15.0. The van der Waals surface area contributed by atoms with E-state index in [9.17, 15) is 4.79 Å². The fourth-order valence-electron chi connectivity index (χ4n) is 1.83. The zero-order valence-electron chi connectivity index (χ0n) is 14.1. The van der Waals surface area contributed by atoms with Crippen LogP contribution in [0, 0.1) is 12.8 Å². The van der Waals surface area contributed by atoms with Gasteiger partial charge in [-0.1, -0.05) is 20.8 Å². The van der Waals surface area contributed by atoms with Crippen molar-refractivity contribution < 1.29 is 9.90 Å². The third-order valence-electron chi connectivity index (χ3n) is 3.86. The molecule has 0 aliphatic heterocycles. The molecule has 4 nitrogen and oxygen atoms in total. The molecule has 124 valence electrons. The molecule has 5 heteroatoms. The van der Waals surface area contributed by atoms with Crippen molar-refractivity contribution in [3.8, 4) is 0 Å². The molecule has 1 aromatic carbocycles. The first kappa shape index (κ1) is 18.8. The first-order valence-electron chi connectivity index (χ1n) is 7.83. The zero-order valence-corrected chi connectivity index (χ0v) is 15.0. The van der Waals surface area contributed by atoms with E-state index in [-0.39, 0.29) is 24.6 Å². The monoisotopic (exact) mass is 324 g/mol. The number of hydrogen-bond acceptors (Lipinski definition) is 3. The summed E-state index contributed by atoms with van der Waals surface area (Å²) in [5.74, 6) is 0.0288. The van der Waals surface area contributed by atoms with Gasteiger partial charge in [0.1, 0.15) is 0 Å². The van der Waals surface area contributed by atoms with Crippen molar-refractivity contribution in [3.63, 3.8) is 0 Å². The average molecular weight is 324 g/mol. The van der Waals surface area contributed by atoms with Gasteiger partial charge in [-0.3, -0.25) is 0 Å². The van der Waals surface area contributed by atoms with E-state index in [0.717, 1.165) is 17.7 Å². The maximum Gasteiger partial charge on any atom is 0.319 e. The SMILES string of the molecule is CCC(C)Sc1ccc(NC(=O)NC(C)C(C)CO)c(C)c1. The minimum absolute atomic E-state index is 0.0288. The number of carbonyl (C=O) groups excluding carboxylic acids is 1. The number of anilines is 1. The third-order valence-corrected chi connectivity index (χ3v) is 5.12. The number of aryl methyl sites for hydroxylation is 1. The van der Waals surface area contributed by atoms with Crippen molar-refractivity contribution in [1.29, 1.82) is 0 Å². The Hall–Kier alpha value is -1.20. The Bertz CT molecular complexity index is 494. The second-order valence-electron chi connectivity index (χ2n) is 5.86. The maximum atomic E-state index is 12.0. The van der Waals surface area contributed by atoms with Gasteiger partial charge in [-0.15, -0.1) is 11.8 Å². The number of rotatable bonds is 7. The number of carbonyl (C=O) groups is 1. The number of benzene rings is 1. The maximum absolute atomic E-state index is 12.0. The molecule has 0 heterocycles. The topological polar surface area (TPSA) is 61.4 Å². The summed E-state index contributed by atoms with van der Waals surface area (Å²) in [4.78, 5) is 13.2. The summed E-state index contributed by atoms with van der Waals surface area (Å²) < 4.78 is 0. The molecule has 2 amide bonds. The van der Waals surface area contributed by atoms with E-state index < -0.39 is 0 Å². The fraction of sp³-hybridized carbons (Fsp3) is 0.588. The molecule has 1 rings (SSSR count). The smallest absolute Gasteiger partial charge is 0.319 e. The Morgan fingerprint density at radius 1 is 1.32 bits per heavy atom. The standard InChI is InChI=1S/C17H28N2O2S/c1-6-13(4)22-15-7-8-16(11(2)9-15)19-17(21)18-14(5)12(3)10-20/h7-9,12-14,20H,6,10H2,1-5H3,(H2,18,19,21). The van der Waals surface area contributed by atoms with Crippen molar-refractivity contribution in [2.75, 3.05) is 11.9 Å². The number of hydrogen-bond donors (Lipinski definition) is 3. The van der Waals surface area contributed by atoms with Crippen LogP contribution in [0.15, 0.2) is 23.1 Å². The highest BCUT2D eigenvalue weighted by molar-refractivity contribution is 7.99. The summed E-state index contributed by atoms with van der Waals surface area (Å²) in [6, 6.07) is 5.77. The van der Waals surface area contributed by atoms with E-state index in [1.807, 2.05) is 44.7 Å². The Labute approximate surface area is 138 Å². The van der Waals surface area contributed by atoms with Crippen LogP contribution in [0.25, 0.3) is 0 Å². The quantitative estimate of drug-likeness (QED) is 0.664. The largest absolute Gasteiger partial charge is 0.396 e. The van der Waals surface area contributed by atoms with Crippen LogP contribution in [0.4, 0.5) is 10.5 Å². The molecule has 22 heavy (non-hydrogen) atoms. The molecule has 3 unspecified atom stereocenters. The summed E-state index contributed by atoms with van der Waals surface area (Å²) in [6.45, 7) is 10.2. The first-order chi connectivity index (χ1) is 10.4. The van der Waals surface area contributed by atoms with Gasteiger partial charge in [0.25, 0.3) is 0 Å². The van der Waals surface area contributed by atoms with Crippen LogP contribution in [0.5, 0.6) is 0 Å². The van der Waals surface area contributed by atoms with Crippen molar-refractivity contribution in [2.45, 2.75) is 57.2 Å². The second kappa shape index (κ2) is 9.06. The summed E-state index contributed by atoms with van der Waals surface area (Å²) in [6.07, 6.45) is 1.13. The van der Waals surface area contributed by atoms with Gasteiger partial charge in [-0.25, -0.2) is 4.79 Å². The summed E-state index contributed by atoms with van der Waals surface area (Å²) in [5.41, 5.74) is 1.86. The van der Waals surface area contributed by atoms with Crippen molar-refractivity contribution >= 4 is 23.5 Å². The Kier molecular flexibility index (Phi) is 7.76. The first-order valence-corrected chi connectivity index (χ1v) is 8.71. The van der Waals surface area contributed by atoms with E-state index in [4.69, 9.17) is 5.11 Å². The molecular formula is C17H28N2O2S. The number of thioether (sulfide) groups is 1. The van der Waals surface area contributed by atoms with E-state index >= 15 is 0 Å². The molecule has 0 radical (unpaired) electrons. The fourth-order valence-corrected chi connectivity index (χ4v) is 2.85. The lowest BCUT2D eigenvalue weighted by atomic mass is 10.1. The molecule has 0 saturated heterocycles. The van der Waals surface area contributed by atoms with Crippen LogP contribution in [-0.4, -0.2) is 29.0 Å².